The van der Waals surface area contributed by atoms with E-state index in [1.165, 1.54) is 6.16 Å². The second-order valence-electron chi connectivity index (χ2n) is 4.05. The number of hydrogen-bond acceptors (Lipinski definition) is 0. The molecule has 0 nitrogen and oxygen atoms in total. The van der Waals surface area contributed by atoms with Gasteiger partial charge in [0.05, 0.1) is 7.74 Å². The Bertz CT molecular complexity index is 268. The zero-order valence-corrected chi connectivity index (χ0v) is 9.64. The first kappa shape index (κ1) is 8.46. The average Bonchev–Trinajstić information content (AvgIpc) is 2.05. The molecule has 1 saturated heterocycles. The fraction of sp³-hybridized carbons (Fsp3) is 0.400. The Morgan fingerprint density at radius 3 is 2.25 bits per heavy atom. The molecule has 64 valence electrons. The molecular weight excluding hydrogens is 179 g/mol. The summed E-state index contributed by atoms with van der Waals surface area (Å²) >= 11 is 0. The molecule has 1 fully saturated rings. The first-order valence-electron chi connectivity index (χ1n) is 4.53. The Labute approximate surface area is 76.6 Å². The van der Waals surface area contributed by atoms with E-state index in [1.807, 2.05) is 0 Å². The fourth-order valence-corrected chi connectivity index (χ4v) is 11.2. The normalized spacial score (nSPS) is 26.3. The van der Waals surface area contributed by atoms with E-state index in [0.29, 0.717) is 7.47 Å². The van der Waals surface area contributed by atoms with Gasteiger partial charge in [-0.25, -0.2) is 0 Å². The SMILES string of the molecule is C[Si]1(C)CCP1c1ccccc1. The lowest BCUT2D eigenvalue weighted by molar-refractivity contribution is 1.35. The van der Waals surface area contributed by atoms with Gasteiger partial charge >= 0.3 is 0 Å². The van der Waals surface area contributed by atoms with E-state index in [1.54, 1.807) is 11.3 Å². The zero-order chi connectivity index (χ0) is 8.60. The molecule has 2 rings (SSSR count). The molecule has 2 heteroatoms. The van der Waals surface area contributed by atoms with Crippen LogP contribution in [0.2, 0.25) is 19.1 Å². The summed E-state index contributed by atoms with van der Waals surface area (Å²) in [4.78, 5) is 0. The van der Waals surface area contributed by atoms with Crippen LogP contribution >= 0.6 is 7.47 Å². The van der Waals surface area contributed by atoms with Crippen LogP contribution in [0.25, 0.3) is 0 Å². The molecule has 1 unspecified atom stereocenters. The van der Waals surface area contributed by atoms with Gasteiger partial charge in [0.15, 0.2) is 0 Å². The van der Waals surface area contributed by atoms with Gasteiger partial charge in [0.25, 0.3) is 0 Å². The highest BCUT2D eigenvalue weighted by molar-refractivity contribution is 8.02. The number of benzene rings is 1. The molecule has 1 aliphatic rings. The van der Waals surface area contributed by atoms with Crippen LogP contribution in [0.5, 0.6) is 0 Å². The Morgan fingerprint density at radius 2 is 1.83 bits per heavy atom. The quantitative estimate of drug-likeness (QED) is 0.476. The van der Waals surface area contributed by atoms with Crippen molar-refractivity contribution in [3.05, 3.63) is 30.3 Å². The van der Waals surface area contributed by atoms with Crippen molar-refractivity contribution < 1.29 is 0 Å². The third kappa shape index (κ3) is 1.36. The van der Waals surface area contributed by atoms with Gasteiger partial charge in [-0.15, -0.1) is 0 Å². The molecule has 1 aliphatic heterocycles. The standard InChI is InChI=1S/C10H15PSi/c1-12(2)9-8-11(12)10-6-4-3-5-7-10/h3-7H,8-9H2,1-2H3. The van der Waals surface area contributed by atoms with Crippen molar-refractivity contribution in [3.8, 4) is 0 Å². The van der Waals surface area contributed by atoms with Crippen molar-refractivity contribution in [2.75, 3.05) is 6.16 Å². The van der Waals surface area contributed by atoms with Crippen LogP contribution in [-0.4, -0.2) is 13.9 Å². The fourth-order valence-electron chi connectivity index (χ4n) is 1.76. The van der Waals surface area contributed by atoms with Gasteiger partial charge < -0.3 is 0 Å². The minimum Gasteiger partial charge on any atom is -0.0882 e. The second-order valence-corrected chi connectivity index (χ2v) is 15.2. The first-order valence-corrected chi connectivity index (χ1v) is 10.1. The minimum atomic E-state index is -0.756. The highest BCUT2D eigenvalue weighted by atomic mass is 31.4. The molecule has 0 N–H and O–H groups in total. The second kappa shape index (κ2) is 2.97. The highest BCUT2D eigenvalue weighted by Crippen LogP contribution is 2.57. The van der Waals surface area contributed by atoms with Crippen molar-refractivity contribution in [1.29, 1.82) is 0 Å². The van der Waals surface area contributed by atoms with Crippen LogP contribution in [0.4, 0.5) is 0 Å². The Morgan fingerprint density at radius 1 is 1.17 bits per heavy atom. The minimum absolute atomic E-state index is 0.303. The average molecular weight is 194 g/mol. The van der Waals surface area contributed by atoms with E-state index in [2.05, 4.69) is 43.4 Å². The summed E-state index contributed by atoms with van der Waals surface area (Å²) in [5.41, 5.74) is 0. The van der Waals surface area contributed by atoms with Gasteiger partial charge in [0.2, 0.25) is 0 Å². The highest BCUT2D eigenvalue weighted by Gasteiger charge is 2.40. The van der Waals surface area contributed by atoms with Crippen LogP contribution in [0.15, 0.2) is 30.3 Å². The molecule has 0 amide bonds. The van der Waals surface area contributed by atoms with Gasteiger partial charge in [0, 0.05) is 0 Å². The van der Waals surface area contributed by atoms with E-state index >= 15 is 0 Å². The zero-order valence-electron chi connectivity index (χ0n) is 7.75. The van der Waals surface area contributed by atoms with Gasteiger partial charge in [-0.05, 0) is 17.5 Å². The molecule has 0 aromatic heterocycles. The summed E-state index contributed by atoms with van der Waals surface area (Å²) in [7, 11) is -0.453. The summed E-state index contributed by atoms with van der Waals surface area (Å²) in [5.74, 6) is 0. The maximum absolute atomic E-state index is 2.54. The summed E-state index contributed by atoms with van der Waals surface area (Å²) < 4.78 is 0. The van der Waals surface area contributed by atoms with Crippen LogP contribution in [0.1, 0.15) is 0 Å². The maximum atomic E-state index is 2.54. The van der Waals surface area contributed by atoms with Crippen LogP contribution in [-0.2, 0) is 0 Å². The van der Waals surface area contributed by atoms with Crippen molar-refractivity contribution in [3.63, 3.8) is 0 Å². The third-order valence-corrected chi connectivity index (χ3v) is 14.2. The molecule has 0 aliphatic carbocycles. The van der Waals surface area contributed by atoms with Crippen molar-refractivity contribution >= 4 is 20.5 Å². The lowest BCUT2D eigenvalue weighted by atomic mass is 10.4. The summed E-state index contributed by atoms with van der Waals surface area (Å²) in [6.07, 6.45) is 1.50. The van der Waals surface area contributed by atoms with Gasteiger partial charge in [-0.3, -0.25) is 0 Å². The Kier molecular flexibility index (Phi) is 2.10. The van der Waals surface area contributed by atoms with Crippen LogP contribution in [0, 0.1) is 0 Å². The predicted molar refractivity (Wildman–Crippen MR) is 60.2 cm³/mol. The molecule has 1 heterocycles. The lowest BCUT2D eigenvalue weighted by Gasteiger charge is -2.43. The maximum Gasteiger partial charge on any atom is 0.0806 e. The monoisotopic (exact) mass is 194 g/mol. The smallest absolute Gasteiger partial charge is 0.0806 e. The first-order chi connectivity index (χ1) is 5.70. The van der Waals surface area contributed by atoms with E-state index in [-0.39, 0.29) is 0 Å². The van der Waals surface area contributed by atoms with Crippen molar-refractivity contribution in [2.24, 2.45) is 0 Å². The molecule has 1 aromatic carbocycles. The lowest BCUT2D eigenvalue weighted by Crippen LogP contribution is -2.39. The third-order valence-electron chi connectivity index (χ3n) is 2.75. The van der Waals surface area contributed by atoms with Gasteiger partial charge in [0.1, 0.15) is 0 Å². The molecule has 1 aromatic rings. The summed E-state index contributed by atoms with van der Waals surface area (Å²) in [5, 5.41) is 1.65. The Hall–Kier alpha value is -0.133. The molecule has 0 spiro atoms. The van der Waals surface area contributed by atoms with E-state index < -0.39 is 7.74 Å². The van der Waals surface area contributed by atoms with Gasteiger partial charge in [-0.1, -0.05) is 50.9 Å². The largest absolute Gasteiger partial charge is 0.0882 e. The molecule has 12 heavy (non-hydrogen) atoms. The van der Waals surface area contributed by atoms with E-state index in [9.17, 15) is 0 Å². The molecule has 0 saturated carbocycles. The molecule has 0 radical (unpaired) electrons. The van der Waals surface area contributed by atoms with E-state index in [0.717, 1.165) is 0 Å². The predicted octanol–water partition coefficient (Wildman–Crippen LogP) is 3.01. The molecule has 1 atom stereocenters. The number of hydrogen-bond donors (Lipinski definition) is 0. The van der Waals surface area contributed by atoms with Gasteiger partial charge in [-0.2, -0.15) is 0 Å². The van der Waals surface area contributed by atoms with Crippen LogP contribution < -0.4 is 5.30 Å². The topological polar surface area (TPSA) is 0 Å². The number of rotatable bonds is 1. The Balaban J connectivity index is 2.22. The van der Waals surface area contributed by atoms with E-state index in [4.69, 9.17) is 0 Å². The summed E-state index contributed by atoms with van der Waals surface area (Å²) in [6, 6.07) is 12.7. The van der Waals surface area contributed by atoms with Crippen LogP contribution in [0.3, 0.4) is 0 Å². The van der Waals surface area contributed by atoms with Crippen molar-refractivity contribution in [1.82, 2.24) is 0 Å². The molecule has 0 bridgehead atoms. The molecular formula is C10H15PSi. The van der Waals surface area contributed by atoms with Crippen molar-refractivity contribution in [2.45, 2.75) is 19.1 Å². The summed E-state index contributed by atoms with van der Waals surface area (Å²) in [6.45, 7) is 5.07.